The number of methoxy groups -OCH3 is 2. The van der Waals surface area contributed by atoms with E-state index >= 15 is 0 Å². The quantitative estimate of drug-likeness (QED) is 0.896. The van der Waals surface area contributed by atoms with Crippen molar-refractivity contribution in [2.75, 3.05) is 14.2 Å². The van der Waals surface area contributed by atoms with Gasteiger partial charge in [0.1, 0.15) is 11.5 Å². The number of aromatic nitrogens is 2. The Hall–Kier alpha value is -2.30. The fourth-order valence-electron chi connectivity index (χ4n) is 1.73. The molecule has 0 aliphatic heterocycles. The third-order valence-electron chi connectivity index (χ3n) is 2.56. The smallest absolute Gasteiger partial charge is 0.345 e. The molecule has 1 heterocycles. The van der Waals surface area contributed by atoms with E-state index in [-0.39, 0.29) is 5.69 Å². The second kappa shape index (κ2) is 4.91. The highest BCUT2D eigenvalue weighted by Crippen LogP contribution is 2.31. The first-order chi connectivity index (χ1) is 8.63. The van der Waals surface area contributed by atoms with Gasteiger partial charge in [-0.1, -0.05) is 0 Å². The zero-order valence-electron chi connectivity index (χ0n) is 10.5. The summed E-state index contributed by atoms with van der Waals surface area (Å²) < 4.78 is 10.4. The van der Waals surface area contributed by atoms with Gasteiger partial charge in [-0.3, -0.25) is 0 Å². The highest BCUT2D eigenvalue weighted by molar-refractivity contribution is 5.69. The van der Waals surface area contributed by atoms with Gasteiger partial charge in [-0.05, 0) is 31.2 Å². The number of nitrogens with one attached hydrogen (secondary N) is 1. The van der Waals surface area contributed by atoms with Crippen LogP contribution in [0.25, 0.3) is 11.3 Å². The van der Waals surface area contributed by atoms with E-state index in [4.69, 9.17) is 9.47 Å². The molecule has 1 N–H and O–H groups in total. The second-order valence-corrected chi connectivity index (χ2v) is 3.82. The number of benzene rings is 1. The van der Waals surface area contributed by atoms with Crippen LogP contribution >= 0.6 is 0 Å². The number of hydrogen-bond acceptors (Lipinski definition) is 4. The molecule has 0 bridgehead atoms. The first-order valence-corrected chi connectivity index (χ1v) is 5.44. The second-order valence-electron chi connectivity index (χ2n) is 3.82. The van der Waals surface area contributed by atoms with E-state index < -0.39 is 0 Å². The molecule has 2 rings (SSSR count). The molecule has 1 aromatic carbocycles. The van der Waals surface area contributed by atoms with Crippen molar-refractivity contribution >= 4 is 0 Å². The minimum Gasteiger partial charge on any atom is -0.497 e. The molecule has 0 aliphatic rings. The molecule has 5 nitrogen and oxygen atoms in total. The van der Waals surface area contributed by atoms with Crippen LogP contribution < -0.4 is 15.2 Å². The topological polar surface area (TPSA) is 64.2 Å². The normalized spacial score (nSPS) is 10.2. The van der Waals surface area contributed by atoms with Gasteiger partial charge in [-0.25, -0.2) is 4.79 Å². The Morgan fingerprint density at radius 3 is 2.56 bits per heavy atom. The number of aromatic amines is 1. The maximum Gasteiger partial charge on any atom is 0.345 e. The standard InChI is InChI=1S/C13H14N2O3/c1-8-6-11(15-13(16)14-8)10-7-9(17-2)4-5-12(10)18-3/h4-7H,1-3H3,(H,14,15,16). The summed E-state index contributed by atoms with van der Waals surface area (Å²) >= 11 is 0. The fraction of sp³-hybridized carbons (Fsp3) is 0.231. The van der Waals surface area contributed by atoms with Gasteiger partial charge in [0, 0.05) is 11.3 Å². The number of ether oxygens (including phenoxy) is 2. The highest BCUT2D eigenvalue weighted by Gasteiger charge is 2.10. The Labute approximate surface area is 104 Å². The Balaban J connectivity index is 2.64. The van der Waals surface area contributed by atoms with Crippen LogP contribution in [0.3, 0.4) is 0 Å². The van der Waals surface area contributed by atoms with Gasteiger partial charge in [0.05, 0.1) is 19.9 Å². The first kappa shape index (κ1) is 12.2. The zero-order valence-corrected chi connectivity index (χ0v) is 10.5. The van der Waals surface area contributed by atoms with Crippen LogP contribution in [0, 0.1) is 6.92 Å². The van der Waals surface area contributed by atoms with E-state index in [1.807, 2.05) is 0 Å². The van der Waals surface area contributed by atoms with Gasteiger partial charge in [0.15, 0.2) is 0 Å². The van der Waals surface area contributed by atoms with Crippen molar-refractivity contribution in [1.82, 2.24) is 9.97 Å². The summed E-state index contributed by atoms with van der Waals surface area (Å²) in [6, 6.07) is 7.16. The van der Waals surface area contributed by atoms with Crippen LogP contribution in [0.2, 0.25) is 0 Å². The average Bonchev–Trinajstić information content (AvgIpc) is 2.36. The molecule has 0 spiro atoms. The maximum atomic E-state index is 11.4. The fourth-order valence-corrected chi connectivity index (χ4v) is 1.73. The minimum atomic E-state index is -0.380. The number of hydrogen-bond donors (Lipinski definition) is 1. The summed E-state index contributed by atoms with van der Waals surface area (Å²) in [5.74, 6) is 1.33. The molecule has 0 amide bonds. The lowest BCUT2D eigenvalue weighted by atomic mass is 10.1. The van der Waals surface area contributed by atoms with Crippen molar-refractivity contribution in [1.29, 1.82) is 0 Å². The largest absolute Gasteiger partial charge is 0.497 e. The van der Waals surface area contributed by atoms with E-state index in [1.54, 1.807) is 45.4 Å². The molecule has 0 fully saturated rings. The van der Waals surface area contributed by atoms with E-state index in [0.717, 1.165) is 11.3 Å². The molecular formula is C13H14N2O3. The zero-order chi connectivity index (χ0) is 13.1. The van der Waals surface area contributed by atoms with Crippen molar-refractivity contribution < 1.29 is 9.47 Å². The van der Waals surface area contributed by atoms with Crippen molar-refractivity contribution in [3.63, 3.8) is 0 Å². The minimum absolute atomic E-state index is 0.380. The Bertz CT molecular complexity index is 620. The Kier molecular flexibility index (Phi) is 3.32. The molecule has 1 aromatic heterocycles. The Morgan fingerprint density at radius 2 is 1.94 bits per heavy atom. The molecule has 0 saturated carbocycles. The molecule has 0 unspecified atom stereocenters. The van der Waals surface area contributed by atoms with Crippen LogP contribution in [-0.4, -0.2) is 24.2 Å². The summed E-state index contributed by atoms with van der Waals surface area (Å²) in [5.41, 5.74) is 1.66. The Morgan fingerprint density at radius 1 is 1.17 bits per heavy atom. The molecule has 94 valence electrons. The molecule has 5 heteroatoms. The van der Waals surface area contributed by atoms with Crippen LogP contribution in [0.4, 0.5) is 0 Å². The monoisotopic (exact) mass is 246 g/mol. The summed E-state index contributed by atoms with van der Waals surface area (Å²) in [4.78, 5) is 17.9. The average molecular weight is 246 g/mol. The third kappa shape index (κ3) is 2.34. The lowest BCUT2D eigenvalue weighted by molar-refractivity contribution is 0.404. The lowest BCUT2D eigenvalue weighted by Crippen LogP contribution is -2.12. The number of rotatable bonds is 3. The lowest BCUT2D eigenvalue weighted by Gasteiger charge is -2.10. The van der Waals surface area contributed by atoms with E-state index in [0.29, 0.717) is 17.2 Å². The number of aryl methyl sites for hydroxylation is 1. The van der Waals surface area contributed by atoms with Gasteiger partial charge in [0.25, 0.3) is 0 Å². The number of nitrogens with zero attached hydrogens (tertiary/aromatic N) is 1. The van der Waals surface area contributed by atoms with Crippen molar-refractivity contribution in [3.8, 4) is 22.8 Å². The van der Waals surface area contributed by atoms with E-state index in [2.05, 4.69) is 9.97 Å². The van der Waals surface area contributed by atoms with Gasteiger partial charge < -0.3 is 14.5 Å². The third-order valence-corrected chi connectivity index (χ3v) is 2.56. The predicted molar refractivity (Wildman–Crippen MR) is 68.1 cm³/mol. The van der Waals surface area contributed by atoms with Crippen molar-refractivity contribution in [3.05, 3.63) is 40.4 Å². The molecular weight excluding hydrogens is 232 g/mol. The molecule has 0 atom stereocenters. The van der Waals surface area contributed by atoms with Gasteiger partial charge in [0.2, 0.25) is 0 Å². The summed E-state index contributed by atoms with van der Waals surface area (Å²) in [7, 11) is 3.16. The molecule has 0 saturated heterocycles. The number of H-pyrrole nitrogens is 1. The van der Waals surface area contributed by atoms with Gasteiger partial charge in [-0.2, -0.15) is 4.98 Å². The van der Waals surface area contributed by atoms with Crippen molar-refractivity contribution in [2.45, 2.75) is 6.92 Å². The maximum absolute atomic E-state index is 11.4. The SMILES string of the molecule is COc1ccc(OC)c(-c2cc(C)[nH]c(=O)n2)c1. The summed E-state index contributed by atoms with van der Waals surface area (Å²) in [5, 5.41) is 0. The van der Waals surface area contributed by atoms with Gasteiger partial charge in [-0.15, -0.1) is 0 Å². The summed E-state index contributed by atoms with van der Waals surface area (Å²) in [6.45, 7) is 1.80. The van der Waals surface area contributed by atoms with Crippen LogP contribution in [0.1, 0.15) is 5.69 Å². The first-order valence-electron chi connectivity index (χ1n) is 5.44. The van der Waals surface area contributed by atoms with Crippen LogP contribution in [0.15, 0.2) is 29.1 Å². The molecule has 0 aliphatic carbocycles. The predicted octanol–water partition coefficient (Wildman–Crippen LogP) is 1.76. The van der Waals surface area contributed by atoms with E-state index in [1.165, 1.54) is 0 Å². The van der Waals surface area contributed by atoms with Crippen LogP contribution in [-0.2, 0) is 0 Å². The molecule has 2 aromatic rings. The van der Waals surface area contributed by atoms with Gasteiger partial charge >= 0.3 is 5.69 Å². The van der Waals surface area contributed by atoms with Crippen molar-refractivity contribution in [2.24, 2.45) is 0 Å². The van der Waals surface area contributed by atoms with E-state index in [9.17, 15) is 4.79 Å². The highest BCUT2D eigenvalue weighted by atomic mass is 16.5. The molecule has 0 radical (unpaired) electrons. The van der Waals surface area contributed by atoms with Crippen LogP contribution in [0.5, 0.6) is 11.5 Å². The summed E-state index contributed by atoms with van der Waals surface area (Å²) in [6.07, 6.45) is 0. The molecule has 18 heavy (non-hydrogen) atoms.